The van der Waals surface area contributed by atoms with Gasteiger partial charge in [-0.05, 0) is 6.42 Å². The van der Waals surface area contributed by atoms with E-state index < -0.39 is 43.1 Å². The van der Waals surface area contributed by atoms with E-state index in [9.17, 15) is 19.8 Å². The smallest absolute Gasteiger partial charge is 0.335 e. The fraction of sp³-hybridized carbons (Fsp3) is 0.800. The molecule has 0 aliphatic heterocycles. The van der Waals surface area contributed by atoms with Crippen molar-refractivity contribution in [3.05, 3.63) is 0 Å². The van der Waals surface area contributed by atoms with E-state index in [0.717, 1.165) is 0 Å². The Bertz CT molecular complexity index is 269. The van der Waals surface area contributed by atoms with E-state index >= 15 is 0 Å². The summed E-state index contributed by atoms with van der Waals surface area (Å²) in [6, 6.07) is 0. The number of esters is 1. The minimum absolute atomic E-state index is 0.0538. The Kier molecular flexibility index (Phi) is 7.64. The van der Waals surface area contributed by atoms with Crippen molar-refractivity contribution in [2.45, 2.75) is 43.9 Å². The molecule has 5 N–H and O–H groups in total. The SMILES string of the molecule is CCC(O)C(=O)O[C@@H](C=O)[C@@H](O)[C@H](O)[C@H](O)CO. The lowest BCUT2D eigenvalue weighted by molar-refractivity contribution is -0.175. The average Bonchev–Trinajstić information content (AvgIpc) is 2.40. The molecule has 0 bridgehead atoms. The highest BCUT2D eigenvalue weighted by Crippen LogP contribution is 2.08. The molecule has 8 nitrogen and oxygen atoms in total. The number of aldehydes is 1. The quantitative estimate of drug-likeness (QED) is 0.230. The predicted molar refractivity (Wildman–Crippen MR) is 57.3 cm³/mol. The van der Waals surface area contributed by atoms with Gasteiger partial charge >= 0.3 is 5.97 Å². The predicted octanol–water partition coefficient (Wildman–Crippen LogP) is -3.06. The lowest BCUT2D eigenvalue weighted by atomic mass is 10.0. The van der Waals surface area contributed by atoms with Gasteiger partial charge in [-0.3, -0.25) is 4.79 Å². The zero-order chi connectivity index (χ0) is 14.3. The monoisotopic (exact) mass is 266 g/mol. The van der Waals surface area contributed by atoms with Crippen LogP contribution in [0.4, 0.5) is 0 Å². The van der Waals surface area contributed by atoms with Gasteiger partial charge in [0.25, 0.3) is 0 Å². The molecule has 0 aliphatic rings. The van der Waals surface area contributed by atoms with Gasteiger partial charge in [0, 0.05) is 0 Å². The summed E-state index contributed by atoms with van der Waals surface area (Å²) >= 11 is 0. The molecule has 106 valence electrons. The number of rotatable bonds is 8. The fourth-order valence-electron chi connectivity index (χ4n) is 1.09. The van der Waals surface area contributed by atoms with Crippen LogP contribution < -0.4 is 0 Å². The molecular weight excluding hydrogens is 248 g/mol. The van der Waals surface area contributed by atoms with Crippen LogP contribution in [0.3, 0.4) is 0 Å². The largest absolute Gasteiger partial charge is 0.450 e. The van der Waals surface area contributed by atoms with Gasteiger partial charge in [0.05, 0.1) is 6.61 Å². The lowest BCUT2D eigenvalue weighted by Gasteiger charge is -2.25. The molecule has 0 saturated carbocycles. The summed E-state index contributed by atoms with van der Waals surface area (Å²) < 4.78 is 4.47. The van der Waals surface area contributed by atoms with Crippen molar-refractivity contribution in [1.29, 1.82) is 0 Å². The zero-order valence-corrected chi connectivity index (χ0v) is 9.84. The number of hydrogen-bond acceptors (Lipinski definition) is 8. The van der Waals surface area contributed by atoms with Gasteiger partial charge < -0.3 is 30.3 Å². The number of ether oxygens (including phenoxy) is 1. The van der Waals surface area contributed by atoms with E-state index in [1.807, 2.05) is 0 Å². The summed E-state index contributed by atoms with van der Waals surface area (Å²) in [5.74, 6) is -1.13. The van der Waals surface area contributed by atoms with Crippen LogP contribution in [0, 0.1) is 0 Å². The van der Waals surface area contributed by atoms with Crippen LogP contribution in [-0.4, -0.2) is 74.9 Å². The standard InChI is InChI=1S/C10H18O8/c1-2-5(13)10(17)18-7(4-12)9(16)8(15)6(14)3-11/h4-9,11,13-16H,2-3H2,1H3/t5?,6-,7+,8-,9-/m1/s1. The Labute approximate surface area is 103 Å². The molecule has 0 fully saturated rings. The third-order valence-electron chi connectivity index (χ3n) is 2.31. The number of carbonyl (C=O) groups is 2. The van der Waals surface area contributed by atoms with E-state index in [2.05, 4.69) is 4.74 Å². The highest BCUT2D eigenvalue weighted by molar-refractivity contribution is 5.76. The number of carbonyl (C=O) groups excluding carboxylic acids is 2. The van der Waals surface area contributed by atoms with Crippen molar-refractivity contribution in [1.82, 2.24) is 0 Å². The molecule has 0 radical (unpaired) electrons. The van der Waals surface area contributed by atoms with Crippen molar-refractivity contribution in [2.75, 3.05) is 6.61 Å². The van der Waals surface area contributed by atoms with E-state index in [4.69, 9.17) is 15.3 Å². The third-order valence-corrected chi connectivity index (χ3v) is 2.31. The Balaban J connectivity index is 4.58. The molecule has 5 atom stereocenters. The van der Waals surface area contributed by atoms with Crippen LogP contribution in [0.25, 0.3) is 0 Å². The first-order chi connectivity index (χ1) is 8.38. The van der Waals surface area contributed by atoms with Crippen LogP contribution in [0.15, 0.2) is 0 Å². The van der Waals surface area contributed by atoms with E-state index in [0.29, 0.717) is 0 Å². The first kappa shape index (κ1) is 16.9. The van der Waals surface area contributed by atoms with Crippen LogP contribution >= 0.6 is 0 Å². The third kappa shape index (κ3) is 4.67. The van der Waals surface area contributed by atoms with Gasteiger partial charge in [-0.25, -0.2) is 4.79 Å². The molecule has 0 aromatic heterocycles. The van der Waals surface area contributed by atoms with Gasteiger partial charge in [0.15, 0.2) is 18.5 Å². The van der Waals surface area contributed by atoms with Crippen molar-refractivity contribution in [3.8, 4) is 0 Å². The molecule has 8 heteroatoms. The summed E-state index contributed by atoms with van der Waals surface area (Å²) in [4.78, 5) is 21.8. The van der Waals surface area contributed by atoms with Crippen LogP contribution in [0.2, 0.25) is 0 Å². The molecule has 1 unspecified atom stereocenters. The summed E-state index contributed by atoms with van der Waals surface area (Å²) in [5.41, 5.74) is 0. The molecule has 0 spiro atoms. The molecule has 0 rings (SSSR count). The second-order valence-corrected chi connectivity index (χ2v) is 3.69. The molecule has 0 saturated heterocycles. The molecule has 0 aromatic carbocycles. The molecule has 0 aromatic rings. The van der Waals surface area contributed by atoms with Gasteiger partial charge in [-0.15, -0.1) is 0 Å². The molecule has 0 heterocycles. The topological polar surface area (TPSA) is 145 Å². The molecule has 0 aliphatic carbocycles. The molecule has 0 amide bonds. The van der Waals surface area contributed by atoms with Gasteiger partial charge in [-0.1, -0.05) is 6.92 Å². The van der Waals surface area contributed by atoms with Crippen molar-refractivity contribution in [2.24, 2.45) is 0 Å². The second-order valence-electron chi connectivity index (χ2n) is 3.69. The summed E-state index contributed by atoms with van der Waals surface area (Å²) in [5, 5.41) is 45.5. The van der Waals surface area contributed by atoms with Gasteiger partial charge in [0.1, 0.15) is 18.3 Å². The Hall–Kier alpha value is -1.06. The van der Waals surface area contributed by atoms with E-state index in [1.165, 1.54) is 6.92 Å². The highest BCUT2D eigenvalue weighted by Gasteiger charge is 2.34. The van der Waals surface area contributed by atoms with E-state index in [-0.39, 0.29) is 12.7 Å². The average molecular weight is 266 g/mol. The van der Waals surface area contributed by atoms with Crippen LogP contribution in [0.5, 0.6) is 0 Å². The first-order valence-corrected chi connectivity index (χ1v) is 5.37. The number of aliphatic hydroxyl groups is 5. The second kappa shape index (κ2) is 8.11. The summed E-state index contributed by atoms with van der Waals surface area (Å²) in [6.45, 7) is 0.665. The van der Waals surface area contributed by atoms with Gasteiger partial charge in [-0.2, -0.15) is 0 Å². The zero-order valence-electron chi connectivity index (χ0n) is 9.84. The maximum atomic E-state index is 11.2. The first-order valence-electron chi connectivity index (χ1n) is 5.37. The van der Waals surface area contributed by atoms with Crippen LogP contribution in [-0.2, 0) is 14.3 Å². The van der Waals surface area contributed by atoms with Crippen molar-refractivity contribution < 1.29 is 39.9 Å². The maximum Gasteiger partial charge on any atom is 0.335 e. The number of aliphatic hydroxyl groups excluding tert-OH is 5. The Morgan fingerprint density at radius 3 is 2.17 bits per heavy atom. The van der Waals surface area contributed by atoms with Crippen LogP contribution in [0.1, 0.15) is 13.3 Å². The number of hydrogen-bond donors (Lipinski definition) is 5. The highest BCUT2D eigenvalue weighted by atomic mass is 16.6. The summed E-state index contributed by atoms with van der Waals surface area (Å²) in [7, 11) is 0. The minimum atomic E-state index is -1.90. The van der Waals surface area contributed by atoms with Crippen molar-refractivity contribution in [3.63, 3.8) is 0 Å². The minimum Gasteiger partial charge on any atom is -0.450 e. The molecular formula is C10H18O8. The normalized spacial score (nSPS) is 19.4. The Morgan fingerprint density at radius 1 is 1.22 bits per heavy atom. The Morgan fingerprint density at radius 2 is 1.78 bits per heavy atom. The van der Waals surface area contributed by atoms with E-state index in [1.54, 1.807) is 0 Å². The fourth-order valence-corrected chi connectivity index (χ4v) is 1.09. The summed E-state index contributed by atoms with van der Waals surface area (Å²) in [6.07, 6.45) is -8.53. The molecule has 18 heavy (non-hydrogen) atoms. The van der Waals surface area contributed by atoms with Gasteiger partial charge in [0.2, 0.25) is 0 Å². The maximum absolute atomic E-state index is 11.2. The van der Waals surface area contributed by atoms with Crippen molar-refractivity contribution >= 4 is 12.3 Å². The lowest BCUT2D eigenvalue weighted by Crippen LogP contribution is -2.48.